The largest absolute Gasteiger partial charge is 0.507 e. The van der Waals surface area contributed by atoms with Gasteiger partial charge in [-0.25, -0.2) is 0 Å². The fourth-order valence-corrected chi connectivity index (χ4v) is 5.31. The number of aliphatic hydroxyl groups excluding tert-OH is 1. The van der Waals surface area contributed by atoms with Crippen molar-refractivity contribution in [2.75, 3.05) is 33.0 Å². The summed E-state index contributed by atoms with van der Waals surface area (Å²) in [6.07, 6.45) is 3.63. The highest BCUT2D eigenvalue weighted by atomic mass is 16.6. The monoisotopic (exact) mass is 571 g/mol. The Balaban J connectivity index is 1.56. The number of unbranched alkanes of at least 4 members (excludes halogenated alkanes) is 2. The van der Waals surface area contributed by atoms with Crippen LogP contribution in [0.5, 0.6) is 23.0 Å². The number of benzene rings is 3. The number of carbonyl (C=O) groups excluding carboxylic acids is 2. The van der Waals surface area contributed by atoms with Gasteiger partial charge in [-0.1, -0.05) is 56.2 Å². The smallest absolute Gasteiger partial charge is 0.295 e. The Hall–Kier alpha value is -4.46. The van der Waals surface area contributed by atoms with Gasteiger partial charge in [0.05, 0.1) is 24.8 Å². The van der Waals surface area contributed by atoms with E-state index < -0.39 is 17.7 Å². The first-order chi connectivity index (χ1) is 20.5. The van der Waals surface area contributed by atoms with E-state index in [2.05, 4.69) is 6.92 Å². The Morgan fingerprint density at radius 3 is 2.45 bits per heavy atom. The molecule has 42 heavy (non-hydrogen) atoms. The number of carbonyl (C=O) groups is 2. The number of nitrogens with zero attached hydrogens (tertiary/aromatic N) is 1. The van der Waals surface area contributed by atoms with Crippen LogP contribution in [0.25, 0.3) is 5.76 Å². The van der Waals surface area contributed by atoms with Crippen LogP contribution in [-0.4, -0.2) is 54.7 Å². The number of fused-ring (bicyclic) bond motifs is 1. The number of hydrogen-bond acceptors (Lipinski definition) is 7. The quantitative estimate of drug-likeness (QED) is 0.122. The van der Waals surface area contributed by atoms with Crippen LogP contribution in [-0.2, 0) is 16.0 Å². The maximum absolute atomic E-state index is 13.6. The van der Waals surface area contributed by atoms with E-state index in [-0.39, 0.29) is 17.9 Å². The van der Waals surface area contributed by atoms with E-state index in [1.54, 1.807) is 18.2 Å². The molecule has 2 aliphatic heterocycles. The van der Waals surface area contributed by atoms with Crippen molar-refractivity contribution in [3.8, 4) is 23.0 Å². The molecule has 220 valence electrons. The van der Waals surface area contributed by atoms with Crippen LogP contribution in [0.3, 0.4) is 0 Å². The zero-order chi connectivity index (χ0) is 29.5. The van der Waals surface area contributed by atoms with E-state index in [0.29, 0.717) is 67.0 Å². The third-order valence-electron chi connectivity index (χ3n) is 7.43. The lowest BCUT2D eigenvalue weighted by molar-refractivity contribution is -0.139. The zero-order valence-corrected chi connectivity index (χ0v) is 24.1. The van der Waals surface area contributed by atoms with Gasteiger partial charge in [0.1, 0.15) is 19.0 Å². The van der Waals surface area contributed by atoms with Gasteiger partial charge in [0.15, 0.2) is 23.0 Å². The fraction of sp³-hybridized carbons (Fsp3) is 0.353. The lowest BCUT2D eigenvalue weighted by atomic mass is 9.94. The van der Waals surface area contributed by atoms with Crippen molar-refractivity contribution in [1.82, 2.24) is 4.90 Å². The van der Waals surface area contributed by atoms with Gasteiger partial charge in [0.25, 0.3) is 11.7 Å². The van der Waals surface area contributed by atoms with Crippen molar-refractivity contribution in [1.29, 1.82) is 0 Å². The molecule has 1 atom stereocenters. The van der Waals surface area contributed by atoms with Gasteiger partial charge in [-0.2, -0.15) is 0 Å². The summed E-state index contributed by atoms with van der Waals surface area (Å²) >= 11 is 0. The second-order valence-corrected chi connectivity index (χ2v) is 10.3. The Morgan fingerprint density at radius 2 is 1.69 bits per heavy atom. The topological polar surface area (TPSA) is 94.5 Å². The molecule has 8 nitrogen and oxygen atoms in total. The molecular weight excluding hydrogens is 534 g/mol. The highest BCUT2D eigenvalue weighted by molar-refractivity contribution is 6.46. The Bertz CT molecular complexity index is 1450. The number of Topliss-reactive ketones (excluding diaryl/α,β-unsaturated/α-hetero) is 1. The predicted octanol–water partition coefficient (Wildman–Crippen LogP) is 6.09. The number of aliphatic hydroxyl groups is 1. The minimum absolute atomic E-state index is 0.0174. The van der Waals surface area contributed by atoms with Crippen LogP contribution < -0.4 is 18.9 Å². The molecule has 2 heterocycles. The molecule has 1 fully saturated rings. The van der Waals surface area contributed by atoms with Crippen LogP contribution >= 0.6 is 0 Å². The lowest BCUT2D eigenvalue weighted by Crippen LogP contribution is -2.31. The molecule has 0 unspecified atom stereocenters. The average molecular weight is 572 g/mol. The van der Waals surface area contributed by atoms with Gasteiger partial charge in [-0.3, -0.25) is 9.59 Å². The highest BCUT2D eigenvalue weighted by Gasteiger charge is 2.46. The summed E-state index contributed by atoms with van der Waals surface area (Å²) in [6, 6.07) is 19.4. The first-order valence-corrected chi connectivity index (χ1v) is 14.6. The predicted molar refractivity (Wildman–Crippen MR) is 159 cm³/mol. The molecule has 1 N–H and O–H groups in total. The molecule has 1 saturated heterocycles. The molecule has 3 aromatic carbocycles. The van der Waals surface area contributed by atoms with Gasteiger partial charge in [-0.15, -0.1) is 0 Å². The molecule has 0 saturated carbocycles. The first-order valence-electron chi connectivity index (χ1n) is 14.6. The third kappa shape index (κ3) is 6.22. The van der Waals surface area contributed by atoms with Crippen molar-refractivity contribution < 1.29 is 33.6 Å². The number of ketones is 1. The van der Waals surface area contributed by atoms with Crippen molar-refractivity contribution in [3.05, 3.63) is 89.0 Å². The molecule has 8 heteroatoms. The van der Waals surface area contributed by atoms with Crippen molar-refractivity contribution in [3.63, 3.8) is 0 Å². The summed E-state index contributed by atoms with van der Waals surface area (Å²) in [7, 11) is 0. The maximum Gasteiger partial charge on any atom is 0.295 e. The van der Waals surface area contributed by atoms with E-state index in [1.165, 1.54) is 4.90 Å². The molecular formula is C34H37NO7. The number of hydrogen-bond donors (Lipinski definition) is 1. The lowest BCUT2D eigenvalue weighted by Gasteiger charge is -2.26. The molecule has 0 spiro atoms. The number of rotatable bonds is 12. The molecule has 0 bridgehead atoms. The zero-order valence-electron chi connectivity index (χ0n) is 24.1. The van der Waals surface area contributed by atoms with Gasteiger partial charge < -0.3 is 29.0 Å². The van der Waals surface area contributed by atoms with E-state index in [4.69, 9.17) is 18.9 Å². The van der Waals surface area contributed by atoms with E-state index in [0.717, 1.165) is 24.8 Å². The van der Waals surface area contributed by atoms with E-state index in [1.807, 2.05) is 55.5 Å². The van der Waals surface area contributed by atoms with Gasteiger partial charge in [0, 0.05) is 12.1 Å². The second-order valence-electron chi connectivity index (χ2n) is 10.3. The van der Waals surface area contributed by atoms with Crippen molar-refractivity contribution in [2.45, 2.75) is 45.6 Å². The Kier molecular flexibility index (Phi) is 9.31. The van der Waals surface area contributed by atoms with Gasteiger partial charge in [-0.05, 0) is 61.2 Å². The maximum atomic E-state index is 13.6. The SMILES string of the molecule is CCCCCOc1ccc([C@H]2C(=C(O)c3ccc4c(c3)OCCO4)C(=O)C(=O)N2CCc2ccccc2)cc1OCC. The Labute approximate surface area is 246 Å². The summed E-state index contributed by atoms with van der Waals surface area (Å²) in [5.41, 5.74) is 2.07. The summed E-state index contributed by atoms with van der Waals surface area (Å²) in [4.78, 5) is 28.6. The number of amides is 1. The summed E-state index contributed by atoms with van der Waals surface area (Å²) in [5, 5.41) is 11.6. The molecule has 5 rings (SSSR count). The van der Waals surface area contributed by atoms with Crippen molar-refractivity contribution in [2.24, 2.45) is 0 Å². The Morgan fingerprint density at radius 1 is 0.905 bits per heavy atom. The number of likely N-dealkylation sites (tertiary alicyclic amines) is 1. The summed E-state index contributed by atoms with van der Waals surface area (Å²) < 4.78 is 23.3. The molecule has 2 aliphatic rings. The molecule has 0 aliphatic carbocycles. The molecule has 1 amide bonds. The van der Waals surface area contributed by atoms with E-state index >= 15 is 0 Å². The number of ether oxygens (including phenoxy) is 4. The van der Waals surface area contributed by atoms with Crippen LogP contribution in [0.1, 0.15) is 55.8 Å². The van der Waals surface area contributed by atoms with Crippen LogP contribution in [0.4, 0.5) is 0 Å². The fourth-order valence-electron chi connectivity index (χ4n) is 5.31. The van der Waals surface area contributed by atoms with Crippen LogP contribution in [0.2, 0.25) is 0 Å². The second kappa shape index (κ2) is 13.5. The molecule has 0 aromatic heterocycles. The average Bonchev–Trinajstić information content (AvgIpc) is 3.27. The summed E-state index contributed by atoms with van der Waals surface area (Å²) in [6.45, 7) is 6.12. The van der Waals surface area contributed by atoms with Crippen molar-refractivity contribution >= 4 is 17.4 Å². The van der Waals surface area contributed by atoms with Gasteiger partial charge >= 0.3 is 0 Å². The highest BCUT2D eigenvalue weighted by Crippen LogP contribution is 2.43. The first kappa shape index (κ1) is 29.0. The minimum Gasteiger partial charge on any atom is -0.507 e. The normalized spacial score (nSPS) is 17.4. The van der Waals surface area contributed by atoms with Gasteiger partial charge in [0.2, 0.25) is 0 Å². The molecule has 3 aromatic rings. The minimum atomic E-state index is -0.824. The summed E-state index contributed by atoms with van der Waals surface area (Å²) in [5.74, 6) is 0.503. The van der Waals surface area contributed by atoms with Crippen LogP contribution in [0.15, 0.2) is 72.3 Å². The van der Waals surface area contributed by atoms with E-state index in [9.17, 15) is 14.7 Å². The van der Waals surface area contributed by atoms with Crippen LogP contribution in [0, 0.1) is 0 Å². The standard InChI is InChI=1S/C34H37NO7/c1-3-5-9-18-40-26-14-12-24(21-28(26)39-4-2)31-30(32(36)25-13-15-27-29(22-25)42-20-19-41-27)33(37)34(38)35(31)17-16-23-10-7-6-8-11-23/h6-8,10-15,21-22,31,36H,3-5,9,16-20H2,1-2H3/t31-/m0/s1. The third-order valence-corrected chi connectivity index (χ3v) is 7.43. The molecule has 0 radical (unpaired) electrons.